The molecule has 0 bridgehead atoms. The second-order valence-corrected chi connectivity index (χ2v) is 6.93. The first-order valence-corrected chi connectivity index (χ1v) is 9.24. The number of nitrogens with zero attached hydrogens (tertiary/aromatic N) is 1. The fourth-order valence-corrected chi connectivity index (χ4v) is 3.11. The van der Waals surface area contributed by atoms with E-state index in [1.807, 2.05) is 0 Å². The van der Waals surface area contributed by atoms with Crippen LogP contribution in [0, 0.1) is 5.92 Å². The van der Waals surface area contributed by atoms with Crippen LogP contribution in [0.2, 0.25) is 0 Å². The van der Waals surface area contributed by atoms with Gasteiger partial charge in [-0.25, -0.2) is 0 Å². The molecule has 1 heterocycles. The van der Waals surface area contributed by atoms with Gasteiger partial charge in [-0.1, -0.05) is 12.1 Å². The first-order valence-electron chi connectivity index (χ1n) is 9.24. The number of halogens is 3. The molecule has 6 nitrogen and oxygen atoms in total. The largest absolute Gasteiger partial charge is 0.491 e. The van der Waals surface area contributed by atoms with Gasteiger partial charge in [0.25, 0.3) is 0 Å². The summed E-state index contributed by atoms with van der Waals surface area (Å²) >= 11 is 0. The molecule has 2 N–H and O–H groups in total. The van der Waals surface area contributed by atoms with Crippen molar-refractivity contribution in [1.82, 2.24) is 10.2 Å². The van der Waals surface area contributed by atoms with Crippen LogP contribution in [0.1, 0.15) is 18.4 Å². The summed E-state index contributed by atoms with van der Waals surface area (Å²) in [5.41, 5.74) is 0.714. The Hall–Kier alpha value is -1.84. The van der Waals surface area contributed by atoms with Crippen LogP contribution in [0.4, 0.5) is 13.2 Å². The number of β-amino-alcohol motifs (C(OH)–C–C–N with tert-alkyl or cyclic N) is 1. The summed E-state index contributed by atoms with van der Waals surface area (Å²) in [6, 6.07) is 6.70. The second-order valence-electron chi connectivity index (χ2n) is 6.93. The number of carbonyl (C=O) groups is 1. The van der Waals surface area contributed by atoms with Crippen molar-refractivity contribution in [3.8, 4) is 5.75 Å². The van der Waals surface area contributed by atoms with Crippen molar-refractivity contribution < 1.29 is 32.5 Å². The predicted octanol–water partition coefficient (Wildman–Crippen LogP) is 1.96. The molecular formula is C19H27F3N2O4. The smallest absolute Gasteiger partial charge is 0.401 e. The molecule has 1 aliphatic rings. The maximum Gasteiger partial charge on any atom is 0.401 e. The Morgan fingerprint density at radius 2 is 1.93 bits per heavy atom. The molecule has 1 saturated heterocycles. The highest BCUT2D eigenvalue weighted by atomic mass is 19.4. The average molecular weight is 404 g/mol. The van der Waals surface area contributed by atoms with Crippen LogP contribution in [0.15, 0.2) is 24.3 Å². The van der Waals surface area contributed by atoms with Crippen molar-refractivity contribution in [3.63, 3.8) is 0 Å². The number of carbonyl (C=O) groups excluding carboxylic acids is 1. The van der Waals surface area contributed by atoms with Gasteiger partial charge >= 0.3 is 12.1 Å². The normalized spacial score (nSPS) is 17.3. The molecule has 0 amide bonds. The van der Waals surface area contributed by atoms with Gasteiger partial charge in [-0.05, 0) is 43.6 Å². The highest BCUT2D eigenvalue weighted by Gasteiger charge is 2.27. The minimum absolute atomic E-state index is 0.0706. The zero-order chi connectivity index (χ0) is 20.6. The summed E-state index contributed by atoms with van der Waals surface area (Å²) < 4.78 is 46.6. The molecule has 158 valence electrons. The van der Waals surface area contributed by atoms with E-state index in [0.29, 0.717) is 30.7 Å². The number of ether oxygens (including phenoxy) is 2. The lowest BCUT2D eigenvalue weighted by atomic mass is 9.97. The Labute approximate surface area is 162 Å². The molecule has 0 aromatic heterocycles. The zero-order valence-electron chi connectivity index (χ0n) is 15.9. The third kappa shape index (κ3) is 8.04. The van der Waals surface area contributed by atoms with Gasteiger partial charge in [0.1, 0.15) is 18.5 Å². The number of nitrogens with one attached hydrogen (secondary N) is 1. The van der Waals surface area contributed by atoms with Crippen molar-refractivity contribution in [2.24, 2.45) is 5.92 Å². The van der Waals surface area contributed by atoms with Crippen molar-refractivity contribution in [2.45, 2.75) is 31.7 Å². The molecule has 28 heavy (non-hydrogen) atoms. The minimum Gasteiger partial charge on any atom is -0.491 e. The lowest BCUT2D eigenvalue weighted by molar-refractivity contribution is -0.147. The number of piperidine rings is 1. The Balaban J connectivity index is 1.66. The van der Waals surface area contributed by atoms with Crippen LogP contribution >= 0.6 is 0 Å². The number of alkyl halides is 3. The third-order valence-electron chi connectivity index (χ3n) is 4.61. The lowest BCUT2D eigenvalue weighted by Crippen LogP contribution is -2.42. The molecule has 1 aromatic rings. The molecule has 0 saturated carbocycles. The van der Waals surface area contributed by atoms with Gasteiger partial charge in [-0.3, -0.25) is 4.79 Å². The molecule has 1 aromatic carbocycles. The SMILES string of the molecule is COC(=O)C1CCN(C[C@H](O)COc2ccc(CNCC(F)(F)F)cc2)CC1. The fourth-order valence-electron chi connectivity index (χ4n) is 3.11. The number of benzene rings is 1. The molecule has 1 fully saturated rings. The number of esters is 1. The summed E-state index contributed by atoms with van der Waals surface area (Å²) in [6.45, 7) is 1.08. The first-order chi connectivity index (χ1) is 13.3. The van der Waals surface area contributed by atoms with Gasteiger partial charge < -0.3 is 24.8 Å². The van der Waals surface area contributed by atoms with Crippen LogP contribution in [0.25, 0.3) is 0 Å². The van der Waals surface area contributed by atoms with Gasteiger partial charge in [0.05, 0.1) is 19.6 Å². The number of hydrogen-bond acceptors (Lipinski definition) is 6. The van der Waals surface area contributed by atoms with E-state index in [2.05, 4.69) is 10.2 Å². The van der Waals surface area contributed by atoms with Gasteiger partial charge in [0.15, 0.2) is 0 Å². The van der Waals surface area contributed by atoms with Gasteiger partial charge in [-0.2, -0.15) is 13.2 Å². The van der Waals surface area contributed by atoms with Crippen molar-refractivity contribution in [3.05, 3.63) is 29.8 Å². The Morgan fingerprint density at radius 1 is 1.29 bits per heavy atom. The number of rotatable bonds is 9. The summed E-state index contributed by atoms with van der Waals surface area (Å²) in [5, 5.41) is 12.5. The van der Waals surface area contributed by atoms with E-state index in [-0.39, 0.29) is 25.0 Å². The van der Waals surface area contributed by atoms with Gasteiger partial charge in [0.2, 0.25) is 0 Å². The second kappa shape index (κ2) is 10.6. The zero-order valence-corrected chi connectivity index (χ0v) is 15.9. The molecule has 0 spiro atoms. The van der Waals surface area contributed by atoms with Gasteiger partial charge in [0, 0.05) is 13.1 Å². The van der Waals surface area contributed by atoms with Crippen molar-refractivity contribution in [1.29, 1.82) is 0 Å². The predicted molar refractivity (Wildman–Crippen MR) is 96.9 cm³/mol. The Kier molecular flexibility index (Phi) is 8.53. The average Bonchev–Trinajstić information content (AvgIpc) is 2.66. The van der Waals surface area contributed by atoms with E-state index < -0.39 is 18.8 Å². The molecule has 2 rings (SSSR count). The van der Waals surface area contributed by atoms with Crippen LogP contribution < -0.4 is 10.1 Å². The van der Waals surface area contributed by atoms with Crippen LogP contribution in [-0.2, 0) is 16.1 Å². The molecule has 1 atom stereocenters. The Morgan fingerprint density at radius 3 is 2.50 bits per heavy atom. The maximum absolute atomic E-state index is 12.1. The first kappa shape index (κ1) is 22.4. The van der Waals surface area contributed by atoms with E-state index in [1.54, 1.807) is 24.3 Å². The van der Waals surface area contributed by atoms with Crippen LogP contribution in [-0.4, -0.2) is 68.2 Å². The lowest BCUT2D eigenvalue weighted by Gasteiger charge is -2.31. The van der Waals surface area contributed by atoms with Gasteiger partial charge in [-0.15, -0.1) is 0 Å². The van der Waals surface area contributed by atoms with Crippen LogP contribution in [0.5, 0.6) is 5.75 Å². The number of likely N-dealkylation sites (tertiary alicyclic amines) is 1. The summed E-state index contributed by atoms with van der Waals surface area (Å²) in [5.74, 6) is 0.294. The quantitative estimate of drug-likeness (QED) is 0.614. The van der Waals surface area contributed by atoms with E-state index >= 15 is 0 Å². The maximum atomic E-state index is 12.1. The van der Waals surface area contributed by atoms with E-state index in [1.165, 1.54) is 7.11 Å². The monoisotopic (exact) mass is 404 g/mol. The van der Waals surface area contributed by atoms with E-state index in [9.17, 15) is 23.1 Å². The minimum atomic E-state index is -4.23. The number of aliphatic hydroxyl groups excluding tert-OH is 1. The molecular weight excluding hydrogens is 377 g/mol. The fraction of sp³-hybridized carbons (Fsp3) is 0.632. The molecule has 0 radical (unpaired) electrons. The van der Waals surface area contributed by atoms with Crippen LogP contribution in [0.3, 0.4) is 0 Å². The topological polar surface area (TPSA) is 71.0 Å². The Bertz CT molecular complexity index is 602. The highest BCUT2D eigenvalue weighted by molar-refractivity contribution is 5.72. The van der Waals surface area contributed by atoms with E-state index in [0.717, 1.165) is 13.1 Å². The molecule has 9 heteroatoms. The van der Waals surface area contributed by atoms with E-state index in [4.69, 9.17) is 9.47 Å². The van der Waals surface area contributed by atoms with Crippen molar-refractivity contribution >= 4 is 5.97 Å². The van der Waals surface area contributed by atoms with Crippen molar-refractivity contribution in [2.75, 3.05) is 39.9 Å². The number of hydrogen-bond donors (Lipinski definition) is 2. The number of aliphatic hydroxyl groups is 1. The number of methoxy groups -OCH3 is 1. The summed E-state index contributed by atoms with van der Waals surface area (Å²) in [4.78, 5) is 13.6. The summed E-state index contributed by atoms with van der Waals surface area (Å²) in [7, 11) is 1.39. The molecule has 0 unspecified atom stereocenters. The summed E-state index contributed by atoms with van der Waals surface area (Å²) in [6.07, 6.45) is -3.48. The highest BCUT2D eigenvalue weighted by Crippen LogP contribution is 2.19. The third-order valence-corrected chi connectivity index (χ3v) is 4.61. The standard InChI is InChI=1S/C19H27F3N2O4/c1-27-18(26)15-6-8-24(9-7-15)11-16(25)12-28-17-4-2-14(3-5-17)10-23-13-19(20,21)22/h2-5,15-16,23,25H,6-13H2,1H3/t16-/m0/s1. The molecule has 0 aliphatic carbocycles. The molecule has 1 aliphatic heterocycles.